The van der Waals surface area contributed by atoms with Crippen LogP contribution in [-0.2, 0) is 6.54 Å². The second-order valence-electron chi connectivity index (χ2n) is 3.85. The van der Waals surface area contributed by atoms with E-state index in [1.54, 1.807) is 0 Å². The third kappa shape index (κ3) is 3.01. The van der Waals surface area contributed by atoms with E-state index in [1.165, 1.54) is 11.1 Å². The normalized spacial score (nSPS) is 10.1. The fraction of sp³-hybridized carbons (Fsp3) is 0.143. The van der Waals surface area contributed by atoms with Crippen LogP contribution >= 0.6 is 11.6 Å². The van der Waals surface area contributed by atoms with Gasteiger partial charge in [-0.1, -0.05) is 41.4 Å². The van der Waals surface area contributed by atoms with E-state index in [0.29, 0.717) is 0 Å². The first-order valence-electron chi connectivity index (χ1n) is 5.29. The molecule has 1 N–H and O–H groups in total. The molecule has 0 atom stereocenters. The summed E-state index contributed by atoms with van der Waals surface area (Å²) in [5.74, 6) is 0. The zero-order chi connectivity index (χ0) is 11.4. The van der Waals surface area contributed by atoms with Crippen molar-refractivity contribution in [3.8, 4) is 0 Å². The lowest BCUT2D eigenvalue weighted by Crippen LogP contribution is -1.98. The van der Waals surface area contributed by atoms with Crippen molar-refractivity contribution < 1.29 is 0 Å². The average Bonchev–Trinajstić information content (AvgIpc) is 2.28. The summed E-state index contributed by atoms with van der Waals surface area (Å²) in [6.45, 7) is 2.88. The van der Waals surface area contributed by atoms with Gasteiger partial charge in [-0.2, -0.15) is 0 Å². The molecule has 0 spiro atoms. The predicted octanol–water partition coefficient (Wildman–Crippen LogP) is 4.26. The van der Waals surface area contributed by atoms with Crippen molar-refractivity contribution in [1.82, 2.24) is 0 Å². The lowest BCUT2D eigenvalue weighted by molar-refractivity contribution is 1.15. The van der Waals surface area contributed by atoms with Gasteiger partial charge in [-0.15, -0.1) is 0 Å². The zero-order valence-electron chi connectivity index (χ0n) is 9.20. The van der Waals surface area contributed by atoms with Crippen LogP contribution in [0.3, 0.4) is 0 Å². The number of anilines is 1. The molecular weight excluding hydrogens is 218 g/mol. The number of halogens is 1. The van der Waals surface area contributed by atoms with Crippen molar-refractivity contribution in [1.29, 1.82) is 0 Å². The predicted molar refractivity (Wildman–Crippen MR) is 70.0 cm³/mol. The Hall–Kier alpha value is -1.47. The topological polar surface area (TPSA) is 12.0 Å². The molecule has 0 fully saturated rings. The zero-order valence-corrected chi connectivity index (χ0v) is 9.96. The first-order valence-corrected chi connectivity index (χ1v) is 5.67. The van der Waals surface area contributed by atoms with Gasteiger partial charge < -0.3 is 5.32 Å². The fourth-order valence-corrected chi connectivity index (χ4v) is 1.74. The summed E-state index contributed by atoms with van der Waals surface area (Å²) in [7, 11) is 0. The van der Waals surface area contributed by atoms with E-state index in [-0.39, 0.29) is 0 Å². The molecule has 0 heterocycles. The van der Waals surface area contributed by atoms with Crippen LogP contribution in [0.5, 0.6) is 0 Å². The molecule has 0 saturated carbocycles. The second kappa shape index (κ2) is 5.04. The summed E-state index contributed by atoms with van der Waals surface area (Å²) in [6, 6.07) is 16.3. The second-order valence-corrected chi connectivity index (χ2v) is 4.29. The number of aryl methyl sites for hydroxylation is 1. The van der Waals surface area contributed by atoms with Gasteiger partial charge in [-0.3, -0.25) is 0 Å². The molecule has 2 rings (SSSR count). The molecule has 0 amide bonds. The van der Waals surface area contributed by atoms with E-state index >= 15 is 0 Å². The van der Waals surface area contributed by atoms with E-state index in [4.69, 9.17) is 11.6 Å². The molecule has 0 aromatic heterocycles. The Bertz CT molecular complexity index is 462. The molecule has 0 unspecified atom stereocenters. The largest absolute Gasteiger partial charge is 0.381 e. The maximum absolute atomic E-state index is 5.92. The Labute approximate surface area is 101 Å². The van der Waals surface area contributed by atoms with Crippen molar-refractivity contribution in [3.05, 3.63) is 64.7 Å². The standard InChI is InChI=1S/C14H14ClN/c1-11-5-7-14(8-6-11)16-10-12-3-2-4-13(15)9-12/h2-9,16H,10H2,1H3. The molecule has 0 aliphatic heterocycles. The van der Waals surface area contributed by atoms with Crippen LogP contribution in [0.25, 0.3) is 0 Å². The molecule has 0 radical (unpaired) electrons. The number of benzene rings is 2. The minimum atomic E-state index is 0.781. The highest BCUT2D eigenvalue weighted by atomic mass is 35.5. The van der Waals surface area contributed by atoms with Gasteiger partial charge in [0.25, 0.3) is 0 Å². The van der Waals surface area contributed by atoms with Crippen molar-refractivity contribution >= 4 is 17.3 Å². The minimum absolute atomic E-state index is 0.781. The van der Waals surface area contributed by atoms with E-state index in [0.717, 1.165) is 17.3 Å². The number of hydrogen-bond acceptors (Lipinski definition) is 1. The molecule has 0 bridgehead atoms. The molecule has 82 valence electrons. The molecule has 0 aliphatic rings. The van der Waals surface area contributed by atoms with Gasteiger partial charge in [0.15, 0.2) is 0 Å². The highest BCUT2D eigenvalue weighted by Gasteiger charge is 1.95. The van der Waals surface area contributed by atoms with E-state index in [1.807, 2.05) is 18.2 Å². The molecule has 2 aromatic carbocycles. The van der Waals surface area contributed by atoms with E-state index in [9.17, 15) is 0 Å². The van der Waals surface area contributed by atoms with Crippen molar-refractivity contribution in [2.24, 2.45) is 0 Å². The van der Waals surface area contributed by atoms with Gasteiger partial charge in [0.2, 0.25) is 0 Å². The van der Waals surface area contributed by atoms with Gasteiger partial charge in [-0.05, 0) is 36.8 Å². The van der Waals surface area contributed by atoms with Gasteiger partial charge in [-0.25, -0.2) is 0 Å². The van der Waals surface area contributed by atoms with Crippen LogP contribution < -0.4 is 5.32 Å². The van der Waals surface area contributed by atoms with Crippen molar-refractivity contribution in [2.75, 3.05) is 5.32 Å². The Morgan fingerprint density at radius 2 is 1.81 bits per heavy atom. The van der Waals surface area contributed by atoms with Gasteiger partial charge in [0.05, 0.1) is 0 Å². The minimum Gasteiger partial charge on any atom is -0.381 e. The molecule has 2 heteroatoms. The number of rotatable bonds is 3. The highest BCUT2D eigenvalue weighted by molar-refractivity contribution is 6.30. The number of hydrogen-bond donors (Lipinski definition) is 1. The molecule has 0 saturated heterocycles. The summed E-state index contributed by atoms with van der Waals surface area (Å²) in [5.41, 5.74) is 3.59. The van der Waals surface area contributed by atoms with Crippen LogP contribution in [0.4, 0.5) is 5.69 Å². The molecule has 2 aromatic rings. The lowest BCUT2D eigenvalue weighted by Gasteiger charge is -2.07. The summed E-state index contributed by atoms with van der Waals surface area (Å²) >= 11 is 5.92. The Morgan fingerprint density at radius 3 is 2.50 bits per heavy atom. The number of nitrogens with one attached hydrogen (secondary N) is 1. The summed E-state index contributed by atoms with van der Waals surface area (Å²) in [6.07, 6.45) is 0. The fourth-order valence-electron chi connectivity index (χ4n) is 1.52. The Balaban J connectivity index is 1.99. The van der Waals surface area contributed by atoms with Crippen LogP contribution in [-0.4, -0.2) is 0 Å². The SMILES string of the molecule is Cc1ccc(NCc2cccc(Cl)c2)cc1. The van der Waals surface area contributed by atoms with E-state index in [2.05, 4.69) is 42.6 Å². The molecule has 0 aliphatic carbocycles. The first-order chi connectivity index (χ1) is 7.74. The Kier molecular flexibility index (Phi) is 3.47. The van der Waals surface area contributed by atoms with Crippen molar-refractivity contribution in [2.45, 2.75) is 13.5 Å². The molecule has 16 heavy (non-hydrogen) atoms. The maximum Gasteiger partial charge on any atom is 0.0409 e. The maximum atomic E-state index is 5.92. The van der Waals surface area contributed by atoms with Crippen LogP contribution in [0, 0.1) is 6.92 Å². The first kappa shape index (κ1) is 11.0. The highest BCUT2D eigenvalue weighted by Crippen LogP contribution is 2.13. The lowest BCUT2D eigenvalue weighted by atomic mass is 10.2. The molecule has 1 nitrogen and oxygen atoms in total. The van der Waals surface area contributed by atoms with E-state index < -0.39 is 0 Å². The van der Waals surface area contributed by atoms with Crippen LogP contribution in [0.15, 0.2) is 48.5 Å². The third-order valence-corrected chi connectivity index (χ3v) is 2.67. The summed E-state index contributed by atoms with van der Waals surface area (Å²) in [4.78, 5) is 0. The smallest absolute Gasteiger partial charge is 0.0409 e. The average molecular weight is 232 g/mol. The molecular formula is C14H14ClN. The summed E-state index contributed by atoms with van der Waals surface area (Å²) in [5, 5.41) is 4.14. The monoisotopic (exact) mass is 231 g/mol. The van der Waals surface area contributed by atoms with Gasteiger partial charge in [0.1, 0.15) is 0 Å². The van der Waals surface area contributed by atoms with Crippen LogP contribution in [0.2, 0.25) is 5.02 Å². The third-order valence-electron chi connectivity index (χ3n) is 2.44. The Morgan fingerprint density at radius 1 is 1.06 bits per heavy atom. The van der Waals surface area contributed by atoms with Crippen LogP contribution in [0.1, 0.15) is 11.1 Å². The quantitative estimate of drug-likeness (QED) is 0.832. The summed E-state index contributed by atoms with van der Waals surface area (Å²) < 4.78 is 0. The van der Waals surface area contributed by atoms with Gasteiger partial charge in [0, 0.05) is 17.3 Å². The van der Waals surface area contributed by atoms with Gasteiger partial charge >= 0.3 is 0 Å². The van der Waals surface area contributed by atoms with Crippen molar-refractivity contribution in [3.63, 3.8) is 0 Å².